The maximum atomic E-state index is 11.8. The summed E-state index contributed by atoms with van der Waals surface area (Å²) in [6.07, 6.45) is 3.35. The molecule has 0 unspecified atom stereocenters. The van der Waals surface area contributed by atoms with Gasteiger partial charge in [-0.2, -0.15) is 0 Å². The molecule has 0 aliphatic rings. The molecule has 0 fully saturated rings. The van der Waals surface area contributed by atoms with Gasteiger partial charge in [-0.05, 0) is 18.4 Å². The molecule has 0 aliphatic carbocycles. The second kappa shape index (κ2) is 4.49. The van der Waals surface area contributed by atoms with Crippen LogP contribution < -0.4 is 5.69 Å². The molecule has 0 atom stereocenters. The largest absolute Gasteiger partial charge is 0.328 e. The Labute approximate surface area is 96.8 Å². The molecule has 2 rings (SSSR count). The number of hydrogen-bond donors (Lipinski definition) is 0. The van der Waals surface area contributed by atoms with Crippen molar-refractivity contribution < 1.29 is 4.79 Å². The van der Waals surface area contributed by atoms with Gasteiger partial charge in [0.2, 0.25) is 0 Å². The molecular weight excluding hydrogens is 224 g/mol. The van der Waals surface area contributed by atoms with Crippen molar-refractivity contribution >= 4 is 17.1 Å². The number of aromatic nitrogens is 2. The number of carbonyl (C=O) groups excluding carboxylic acids is 1. The molecule has 0 N–H and O–H groups in total. The predicted molar refractivity (Wildman–Crippen MR) is 63.0 cm³/mol. The van der Waals surface area contributed by atoms with Gasteiger partial charge in [-0.1, -0.05) is 6.07 Å². The lowest BCUT2D eigenvalue weighted by Gasteiger charge is -1.98. The summed E-state index contributed by atoms with van der Waals surface area (Å²) in [5.41, 5.74) is -0.132. The SMILES string of the molecule is CCn1ccn(CC(=O)c2cccs2)c1=O. The molecular formula is C11H12N2O2S. The van der Waals surface area contributed by atoms with E-state index in [1.165, 1.54) is 15.9 Å². The zero-order valence-electron chi connectivity index (χ0n) is 8.92. The third-order valence-electron chi connectivity index (χ3n) is 2.37. The Morgan fingerprint density at radius 1 is 1.38 bits per heavy atom. The molecule has 2 aromatic heterocycles. The van der Waals surface area contributed by atoms with Crippen molar-refractivity contribution in [1.82, 2.24) is 9.13 Å². The van der Waals surface area contributed by atoms with Crippen LogP contribution >= 0.6 is 11.3 Å². The Morgan fingerprint density at radius 3 is 2.69 bits per heavy atom. The van der Waals surface area contributed by atoms with Crippen LogP contribution in [0, 0.1) is 0 Å². The van der Waals surface area contributed by atoms with Crippen LogP contribution in [0.2, 0.25) is 0 Å². The Kier molecular flexibility index (Phi) is 3.05. The van der Waals surface area contributed by atoms with Crippen molar-refractivity contribution in [2.75, 3.05) is 0 Å². The predicted octanol–water partition coefficient (Wildman–Crippen LogP) is 1.61. The van der Waals surface area contributed by atoms with Crippen molar-refractivity contribution in [1.29, 1.82) is 0 Å². The van der Waals surface area contributed by atoms with Crippen molar-refractivity contribution in [3.8, 4) is 0 Å². The standard InChI is InChI=1S/C11H12N2O2S/c1-2-12-5-6-13(11(12)15)8-9(14)10-4-3-7-16-10/h3-7H,2,8H2,1H3. The molecule has 2 aromatic rings. The zero-order valence-corrected chi connectivity index (χ0v) is 9.74. The number of aryl methyl sites for hydroxylation is 1. The molecule has 16 heavy (non-hydrogen) atoms. The first-order valence-electron chi connectivity index (χ1n) is 5.04. The van der Waals surface area contributed by atoms with Gasteiger partial charge in [0.05, 0.1) is 11.4 Å². The lowest BCUT2D eigenvalue weighted by atomic mass is 10.3. The van der Waals surface area contributed by atoms with E-state index < -0.39 is 0 Å². The van der Waals surface area contributed by atoms with Crippen LogP contribution in [0.3, 0.4) is 0 Å². The quantitative estimate of drug-likeness (QED) is 0.757. The van der Waals surface area contributed by atoms with Crippen LogP contribution in [0.4, 0.5) is 0 Å². The molecule has 4 nitrogen and oxygen atoms in total. The van der Waals surface area contributed by atoms with E-state index >= 15 is 0 Å². The van der Waals surface area contributed by atoms with Gasteiger partial charge >= 0.3 is 5.69 Å². The molecule has 2 heterocycles. The number of imidazole rings is 1. The summed E-state index contributed by atoms with van der Waals surface area (Å²) in [4.78, 5) is 24.1. The number of hydrogen-bond acceptors (Lipinski definition) is 3. The topological polar surface area (TPSA) is 44.0 Å². The first-order chi connectivity index (χ1) is 7.72. The molecule has 0 saturated heterocycles. The third kappa shape index (κ3) is 1.99. The number of rotatable bonds is 4. The Bertz CT molecular complexity index is 537. The van der Waals surface area contributed by atoms with E-state index in [0.717, 1.165) is 0 Å². The maximum Gasteiger partial charge on any atom is 0.328 e. The van der Waals surface area contributed by atoms with Crippen LogP contribution in [0.15, 0.2) is 34.7 Å². The second-order valence-electron chi connectivity index (χ2n) is 3.40. The number of Topliss-reactive ketones (excluding diaryl/α,β-unsaturated/α-hetero) is 1. The third-order valence-corrected chi connectivity index (χ3v) is 3.28. The lowest BCUT2D eigenvalue weighted by Crippen LogP contribution is -2.26. The fraction of sp³-hybridized carbons (Fsp3) is 0.273. The van der Waals surface area contributed by atoms with Crippen LogP contribution in [-0.4, -0.2) is 14.9 Å². The summed E-state index contributed by atoms with van der Waals surface area (Å²) in [7, 11) is 0. The highest BCUT2D eigenvalue weighted by Crippen LogP contribution is 2.09. The summed E-state index contributed by atoms with van der Waals surface area (Å²) in [5.74, 6) is -0.0223. The smallest absolute Gasteiger partial charge is 0.300 e. The van der Waals surface area contributed by atoms with Crippen molar-refractivity contribution in [3.05, 3.63) is 45.3 Å². The highest BCUT2D eigenvalue weighted by molar-refractivity contribution is 7.12. The van der Waals surface area contributed by atoms with Crippen LogP contribution in [0.5, 0.6) is 0 Å². The van der Waals surface area contributed by atoms with Crippen molar-refractivity contribution in [2.45, 2.75) is 20.0 Å². The Balaban J connectivity index is 2.19. The first kappa shape index (κ1) is 10.9. The van der Waals surface area contributed by atoms with E-state index in [1.54, 1.807) is 23.0 Å². The molecule has 0 bridgehead atoms. The van der Waals surface area contributed by atoms with E-state index in [4.69, 9.17) is 0 Å². The molecule has 0 saturated carbocycles. The highest BCUT2D eigenvalue weighted by Gasteiger charge is 2.10. The minimum Gasteiger partial charge on any atom is -0.300 e. The van der Waals surface area contributed by atoms with Gasteiger partial charge in [0.1, 0.15) is 0 Å². The summed E-state index contributed by atoms with van der Waals surface area (Å²) in [6, 6.07) is 3.60. The van der Waals surface area contributed by atoms with Gasteiger partial charge < -0.3 is 0 Å². The molecule has 0 spiro atoms. The average molecular weight is 236 g/mol. The summed E-state index contributed by atoms with van der Waals surface area (Å²) in [6.45, 7) is 2.64. The van der Waals surface area contributed by atoms with E-state index in [0.29, 0.717) is 11.4 Å². The Hall–Kier alpha value is -1.62. The molecule has 0 amide bonds. The maximum absolute atomic E-state index is 11.8. The summed E-state index contributed by atoms with van der Waals surface area (Å²) < 4.78 is 3.01. The zero-order chi connectivity index (χ0) is 11.5. The average Bonchev–Trinajstić information content (AvgIpc) is 2.89. The van der Waals surface area contributed by atoms with E-state index in [-0.39, 0.29) is 18.0 Å². The minimum atomic E-state index is -0.132. The normalized spacial score (nSPS) is 10.6. The fourth-order valence-electron chi connectivity index (χ4n) is 1.48. The van der Waals surface area contributed by atoms with Crippen LogP contribution in [0.25, 0.3) is 0 Å². The van der Waals surface area contributed by atoms with E-state index in [2.05, 4.69) is 0 Å². The highest BCUT2D eigenvalue weighted by atomic mass is 32.1. The van der Waals surface area contributed by atoms with Gasteiger partial charge in [-0.15, -0.1) is 11.3 Å². The van der Waals surface area contributed by atoms with Crippen LogP contribution in [0.1, 0.15) is 16.6 Å². The monoisotopic (exact) mass is 236 g/mol. The van der Waals surface area contributed by atoms with Crippen molar-refractivity contribution in [3.63, 3.8) is 0 Å². The summed E-state index contributed by atoms with van der Waals surface area (Å²) in [5, 5.41) is 1.85. The van der Waals surface area contributed by atoms with Gasteiger partial charge in [0, 0.05) is 18.9 Å². The molecule has 0 aromatic carbocycles. The molecule has 84 valence electrons. The van der Waals surface area contributed by atoms with Gasteiger partial charge in [-0.25, -0.2) is 4.79 Å². The van der Waals surface area contributed by atoms with Gasteiger partial charge in [0.15, 0.2) is 5.78 Å². The van der Waals surface area contributed by atoms with E-state index in [1.807, 2.05) is 18.4 Å². The summed E-state index contributed by atoms with van der Waals surface area (Å²) >= 11 is 1.40. The Morgan fingerprint density at radius 2 is 2.12 bits per heavy atom. The molecule has 0 aliphatic heterocycles. The number of nitrogens with zero attached hydrogens (tertiary/aromatic N) is 2. The van der Waals surface area contributed by atoms with Gasteiger partial charge in [-0.3, -0.25) is 13.9 Å². The fourth-order valence-corrected chi connectivity index (χ4v) is 2.14. The number of carbonyl (C=O) groups is 1. The second-order valence-corrected chi connectivity index (χ2v) is 4.34. The first-order valence-corrected chi connectivity index (χ1v) is 5.92. The van der Waals surface area contributed by atoms with E-state index in [9.17, 15) is 9.59 Å². The molecule has 0 radical (unpaired) electrons. The van der Waals surface area contributed by atoms with Crippen LogP contribution in [-0.2, 0) is 13.1 Å². The van der Waals surface area contributed by atoms with Crippen molar-refractivity contribution in [2.24, 2.45) is 0 Å². The minimum absolute atomic E-state index is 0.0223. The number of thiophene rings is 1. The lowest BCUT2D eigenvalue weighted by molar-refractivity contribution is 0.0974. The number of ketones is 1. The molecule has 5 heteroatoms. The van der Waals surface area contributed by atoms with Gasteiger partial charge in [0.25, 0.3) is 0 Å².